The second-order valence-electron chi connectivity index (χ2n) is 6.11. The fraction of sp³-hybridized carbons (Fsp3) is 0.211. The molecular weight excluding hydrogens is 396 g/mol. The summed E-state index contributed by atoms with van der Waals surface area (Å²) in [6, 6.07) is 12.3. The first kappa shape index (κ1) is 21.9. The van der Waals surface area contributed by atoms with Gasteiger partial charge in [-0.2, -0.15) is 0 Å². The van der Waals surface area contributed by atoms with Crippen LogP contribution in [0.3, 0.4) is 0 Å². The Hall–Kier alpha value is -3.40. The molecule has 9 nitrogen and oxygen atoms in total. The van der Waals surface area contributed by atoms with Gasteiger partial charge in [-0.05, 0) is 38.1 Å². The smallest absolute Gasteiger partial charge is 0.269 e. The number of anilines is 1. The van der Waals surface area contributed by atoms with Crippen molar-refractivity contribution in [3.05, 3.63) is 69.8 Å². The predicted molar refractivity (Wildman–Crippen MR) is 110 cm³/mol. The number of thioether (sulfide) groups is 1. The zero-order chi connectivity index (χ0) is 21.4. The van der Waals surface area contributed by atoms with Gasteiger partial charge in [-0.15, -0.1) is 11.8 Å². The third-order valence-electron chi connectivity index (χ3n) is 3.81. The molecule has 0 aromatic heterocycles. The SMILES string of the molecule is Cc1ccc(NC(=O)CS[C@H](C)C(=O)NNC(=O)c2ccc([N+](=O)[O-])cc2)cc1. The number of nitrogens with one attached hydrogen (secondary N) is 3. The molecule has 0 fully saturated rings. The van der Waals surface area contributed by atoms with Crippen LogP contribution in [0.1, 0.15) is 22.8 Å². The molecule has 0 saturated carbocycles. The van der Waals surface area contributed by atoms with E-state index in [1.165, 1.54) is 24.3 Å². The van der Waals surface area contributed by atoms with Crippen molar-refractivity contribution in [2.75, 3.05) is 11.1 Å². The molecule has 10 heteroatoms. The minimum Gasteiger partial charge on any atom is -0.325 e. The molecule has 0 aliphatic rings. The fourth-order valence-corrected chi connectivity index (χ4v) is 2.82. The molecule has 2 rings (SSSR count). The van der Waals surface area contributed by atoms with Crippen LogP contribution < -0.4 is 16.2 Å². The maximum Gasteiger partial charge on any atom is 0.269 e. The molecule has 3 N–H and O–H groups in total. The Morgan fingerprint density at radius 1 is 1.03 bits per heavy atom. The van der Waals surface area contributed by atoms with Crippen LogP contribution in [-0.4, -0.2) is 33.6 Å². The van der Waals surface area contributed by atoms with Crippen LogP contribution in [0.4, 0.5) is 11.4 Å². The minimum absolute atomic E-state index is 0.0682. The van der Waals surface area contributed by atoms with Crippen molar-refractivity contribution in [2.45, 2.75) is 19.1 Å². The number of carbonyl (C=O) groups excluding carboxylic acids is 3. The standard InChI is InChI=1S/C19H20N4O5S/c1-12-3-7-15(8-4-12)20-17(24)11-29-13(2)18(25)21-22-19(26)14-5-9-16(10-6-14)23(27)28/h3-10,13H,11H2,1-2H3,(H,20,24)(H,21,25)(H,22,26)/t13-/m1/s1. The topological polar surface area (TPSA) is 130 Å². The lowest BCUT2D eigenvalue weighted by molar-refractivity contribution is -0.384. The highest BCUT2D eigenvalue weighted by Crippen LogP contribution is 2.14. The lowest BCUT2D eigenvalue weighted by Crippen LogP contribution is -2.45. The highest BCUT2D eigenvalue weighted by atomic mass is 32.2. The van der Waals surface area contributed by atoms with Crippen LogP contribution in [0.25, 0.3) is 0 Å². The molecule has 0 saturated heterocycles. The van der Waals surface area contributed by atoms with E-state index in [0.29, 0.717) is 5.69 Å². The third kappa shape index (κ3) is 6.92. The van der Waals surface area contributed by atoms with Gasteiger partial charge in [0.15, 0.2) is 0 Å². The lowest BCUT2D eigenvalue weighted by Gasteiger charge is -2.13. The van der Waals surface area contributed by atoms with E-state index in [1.54, 1.807) is 19.1 Å². The summed E-state index contributed by atoms with van der Waals surface area (Å²) in [5.41, 5.74) is 6.29. The summed E-state index contributed by atoms with van der Waals surface area (Å²) in [5, 5.41) is 12.8. The highest BCUT2D eigenvalue weighted by molar-refractivity contribution is 8.01. The largest absolute Gasteiger partial charge is 0.325 e. The van der Waals surface area contributed by atoms with Crippen LogP contribution in [-0.2, 0) is 9.59 Å². The van der Waals surface area contributed by atoms with Crippen LogP contribution in [0.5, 0.6) is 0 Å². The number of nitrogens with zero attached hydrogens (tertiary/aromatic N) is 1. The van der Waals surface area contributed by atoms with Crippen molar-refractivity contribution in [2.24, 2.45) is 0 Å². The summed E-state index contributed by atoms with van der Waals surface area (Å²) in [6.07, 6.45) is 0. The number of nitro benzene ring substituents is 1. The van der Waals surface area contributed by atoms with Gasteiger partial charge in [-0.3, -0.25) is 35.3 Å². The molecule has 0 unspecified atom stereocenters. The third-order valence-corrected chi connectivity index (χ3v) is 4.95. The molecular formula is C19H20N4O5S. The molecule has 2 aromatic rings. The van der Waals surface area contributed by atoms with Crippen molar-refractivity contribution < 1.29 is 19.3 Å². The number of hydrogen-bond acceptors (Lipinski definition) is 6. The molecule has 0 aliphatic heterocycles. The average molecular weight is 416 g/mol. The van der Waals surface area contributed by atoms with Gasteiger partial charge >= 0.3 is 0 Å². The van der Waals surface area contributed by atoms with E-state index in [0.717, 1.165) is 17.3 Å². The molecule has 0 aliphatic carbocycles. The maximum atomic E-state index is 12.1. The van der Waals surface area contributed by atoms with E-state index in [4.69, 9.17) is 0 Å². The number of rotatable bonds is 7. The van der Waals surface area contributed by atoms with Gasteiger partial charge in [0, 0.05) is 23.4 Å². The molecule has 0 spiro atoms. The van der Waals surface area contributed by atoms with Crippen molar-refractivity contribution >= 4 is 40.9 Å². The van der Waals surface area contributed by atoms with Crippen molar-refractivity contribution in [3.63, 3.8) is 0 Å². The summed E-state index contributed by atoms with van der Waals surface area (Å²) in [5.74, 6) is -1.26. The minimum atomic E-state index is -0.609. The first-order valence-electron chi connectivity index (χ1n) is 8.59. The summed E-state index contributed by atoms with van der Waals surface area (Å²) in [4.78, 5) is 46.1. The van der Waals surface area contributed by atoms with E-state index in [9.17, 15) is 24.5 Å². The second-order valence-corrected chi connectivity index (χ2v) is 7.44. The Labute approximate surface area is 171 Å². The Morgan fingerprint density at radius 2 is 1.66 bits per heavy atom. The fourth-order valence-electron chi connectivity index (χ4n) is 2.14. The van der Waals surface area contributed by atoms with Gasteiger partial charge in [-0.1, -0.05) is 17.7 Å². The van der Waals surface area contributed by atoms with E-state index in [2.05, 4.69) is 16.2 Å². The number of aryl methyl sites for hydroxylation is 1. The van der Waals surface area contributed by atoms with Gasteiger partial charge < -0.3 is 5.32 Å². The molecule has 29 heavy (non-hydrogen) atoms. The number of amides is 3. The van der Waals surface area contributed by atoms with Crippen LogP contribution >= 0.6 is 11.8 Å². The van der Waals surface area contributed by atoms with Gasteiger partial charge in [0.05, 0.1) is 15.9 Å². The number of hydrazine groups is 1. The summed E-state index contributed by atoms with van der Waals surface area (Å²) in [6.45, 7) is 3.55. The van der Waals surface area contributed by atoms with Crippen LogP contribution in [0, 0.1) is 17.0 Å². The number of nitro groups is 1. The lowest BCUT2D eigenvalue weighted by atomic mass is 10.2. The normalized spacial score (nSPS) is 11.2. The van der Waals surface area contributed by atoms with Gasteiger partial charge in [0.2, 0.25) is 5.91 Å². The highest BCUT2D eigenvalue weighted by Gasteiger charge is 2.17. The first-order valence-corrected chi connectivity index (χ1v) is 9.64. The Balaban J connectivity index is 1.75. The number of carbonyl (C=O) groups is 3. The van der Waals surface area contributed by atoms with Crippen molar-refractivity contribution in [1.29, 1.82) is 0 Å². The molecule has 0 radical (unpaired) electrons. The summed E-state index contributed by atoms with van der Waals surface area (Å²) in [7, 11) is 0. The number of hydrogen-bond donors (Lipinski definition) is 3. The number of non-ortho nitro benzene ring substituents is 1. The average Bonchev–Trinajstić information content (AvgIpc) is 2.71. The van der Waals surface area contributed by atoms with E-state index < -0.39 is 22.0 Å². The second kappa shape index (κ2) is 10.2. The van der Waals surface area contributed by atoms with Gasteiger partial charge in [-0.25, -0.2) is 0 Å². The Morgan fingerprint density at radius 3 is 2.24 bits per heavy atom. The van der Waals surface area contributed by atoms with Crippen LogP contribution in [0.2, 0.25) is 0 Å². The Kier molecular flexibility index (Phi) is 7.72. The zero-order valence-corrected chi connectivity index (χ0v) is 16.6. The summed E-state index contributed by atoms with van der Waals surface area (Å²) >= 11 is 1.12. The van der Waals surface area contributed by atoms with E-state index in [1.807, 2.05) is 19.1 Å². The Bertz CT molecular complexity index is 900. The van der Waals surface area contributed by atoms with Gasteiger partial charge in [0.1, 0.15) is 0 Å². The zero-order valence-electron chi connectivity index (χ0n) is 15.8. The van der Waals surface area contributed by atoms with Crippen molar-refractivity contribution in [1.82, 2.24) is 10.9 Å². The molecule has 152 valence electrons. The monoisotopic (exact) mass is 416 g/mol. The van der Waals surface area contributed by atoms with Crippen LogP contribution in [0.15, 0.2) is 48.5 Å². The van der Waals surface area contributed by atoms with E-state index in [-0.39, 0.29) is 22.9 Å². The molecule has 3 amide bonds. The predicted octanol–water partition coefficient (Wildman–Crippen LogP) is 2.42. The summed E-state index contributed by atoms with van der Waals surface area (Å²) < 4.78 is 0. The number of benzene rings is 2. The molecule has 1 atom stereocenters. The molecule has 0 heterocycles. The van der Waals surface area contributed by atoms with Crippen molar-refractivity contribution in [3.8, 4) is 0 Å². The van der Waals surface area contributed by atoms with E-state index >= 15 is 0 Å². The van der Waals surface area contributed by atoms with Gasteiger partial charge in [0.25, 0.3) is 17.5 Å². The molecule has 0 bridgehead atoms. The molecule has 2 aromatic carbocycles. The first-order chi connectivity index (χ1) is 13.8. The quantitative estimate of drug-likeness (QED) is 0.469. The maximum absolute atomic E-state index is 12.1.